The molecule has 1 aromatic rings. The van der Waals surface area contributed by atoms with E-state index in [-0.39, 0.29) is 24.4 Å². The van der Waals surface area contributed by atoms with Gasteiger partial charge in [-0.05, 0) is 6.92 Å². The summed E-state index contributed by atoms with van der Waals surface area (Å²) in [5.74, 6) is 0. The van der Waals surface area contributed by atoms with E-state index in [1.165, 1.54) is 10.6 Å². The van der Waals surface area contributed by atoms with Crippen molar-refractivity contribution in [2.45, 2.75) is 13.5 Å². The van der Waals surface area contributed by atoms with Gasteiger partial charge in [0.25, 0.3) is 5.56 Å². The van der Waals surface area contributed by atoms with Crippen molar-refractivity contribution in [2.75, 3.05) is 6.61 Å². The lowest BCUT2D eigenvalue weighted by Crippen LogP contribution is -2.40. The minimum atomic E-state index is -0.390. The van der Waals surface area contributed by atoms with Crippen molar-refractivity contribution in [3.63, 3.8) is 0 Å². The van der Waals surface area contributed by atoms with Crippen molar-refractivity contribution in [3.05, 3.63) is 32.6 Å². The van der Waals surface area contributed by atoms with Gasteiger partial charge in [0.15, 0.2) is 0 Å². The number of hydrogen-bond acceptors (Lipinski definition) is 3. The maximum absolute atomic E-state index is 11.4. The minimum absolute atomic E-state index is 0.0474. The van der Waals surface area contributed by atoms with Crippen molar-refractivity contribution in [1.82, 2.24) is 9.13 Å². The first-order valence-electron chi connectivity index (χ1n) is 3.96. The third-order valence-electron chi connectivity index (χ3n) is 1.97. The van der Waals surface area contributed by atoms with E-state index in [2.05, 4.69) is 0 Å². The molecule has 0 aromatic carbocycles. The number of aliphatic hydroxyl groups is 1. The fourth-order valence-electron chi connectivity index (χ4n) is 1.09. The molecule has 5 nitrogen and oxygen atoms in total. The Kier molecular flexibility index (Phi) is 2.67. The molecule has 0 saturated heterocycles. The Bertz CT molecular complexity index is 416. The Morgan fingerprint density at radius 2 is 2.08 bits per heavy atom. The molecule has 0 unspecified atom stereocenters. The van der Waals surface area contributed by atoms with E-state index in [4.69, 9.17) is 5.11 Å². The molecule has 1 rings (SSSR count). The smallest absolute Gasteiger partial charge is 0.330 e. The van der Waals surface area contributed by atoms with E-state index in [9.17, 15) is 9.59 Å². The van der Waals surface area contributed by atoms with Gasteiger partial charge in [0.2, 0.25) is 0 Å². The fraction of sp³-hybridized carbons (Fsp3) is 0.500. The second-order valence-corrected chi connectivity index (χ2v) is 2.84. The number of hydrogen-bond donors (Lipinski definition) is 1. The van der Waals surface area contributed by atoms with Crippen LogP contribution in [-0.4, -0.2) is 20.8 Å². The number of aliphatic hydroxyl groups excluding tert-OH is 1. The standard InChI is InChI=1S/C8H12N2O3/c1-6-5-7(12)10(3-4-11)8(13)9(6)2/h5,11H,3-4H2,1-2H3. The van der Waals surface area contributed by atoms with Gasteiger partial charge in [-0.3, -0.25) is 9.36 Å². The molecule has 0 aliphatic heterocycles. The number of aromatic nitrogens is 2. The SMILES string of the molecule is Cc1cc(=O)n(CCO)c(=O)n1C. The Hall–Kier alpha value is -1.36. The molecule has 0 aliphatic rings. The molecule has 72 valence electrons. The molecule has 0 atom stereocenters. The predicted octanol–water partition coefficient (Wildman–Crippen LogP) is -1.15. The third-order valence-corrected chi connectivity index (χ3v) is 1.97. The van der Waals surface area contributed by atoms with Crippen molar-refractivity contribution in [2.24, 2.45) is 7.05 Å². The van der Waals surface area contributed by atoms with Gasteiger partial charge < -0.3 is 9.67 Å². The Morgan fingerprint density at radius 3 is 2.62 bits per heavy atom. The van der Waals surface area contributed by atoms with Crippen molar-refractivity contribution >= 4 is 0 Å². The second-order valence-electron chi connectivity index (χ2n) is 2.84. The van der Waals surface area contributed by atoms with Gasteiger partial charge in [-0.15, -0.1) is 0 Å². The number of aryl methyl sites for hydroxylation is 1. The molecule has 0 radical (unpaired) electrons. The topological polar surface area (TPSA) is 64.2 Å². The lowest BCUT2D eigenvalue weighted by atomic mass is 10.4. The summed E-state index contributed by atoms with van der Waals surface area (Å²) in [7, 11) is 1.59. The van der Waals surface area contributed by atoms with E-state index in [0.29, 0.717) is 5.69 Å². The quantitative estimate of drug-likeness (QED) is 0.631. The maximum atomic E-state index is 11.4. The summed E-state index contributed by atoms with van der Waals surface area (Å²) in [4.78, 5) is 22.7. The zero-order valence-corrected chi connectivity index (χ0v) is 7.65. The summed E-state index contributed by atoms with van der Waals surface area (Å²) in [5, 5.41) is 8.62. The molecule has 0 bridgehead atoms. The molecular weight excluding hydrogens is 172 g/mol. The van der Waals surface area contributed by atoms with Gasteiger partial charge >= 0.3 is 5.69 Å². The first-order chi connectivity index (χ1) is 6.07. The zero-order valence-electron chi connectivity index (χ0n) is 7.65. The van der Waals surface area contributed by atoms with Crippen molar-refractivity contribution in [3.8, 4) is 0 Å². The first kappa shape index (κ1) is 9.73. The van der Waals surface area contributed by atoms with Gasteiger partial charge in [0, 0.05) is 18.8 Å². The summed E-state index contributed by atoms with van der Waals surface area (Å²) >= 11 is 0. The zero-order chi connectivity index (χ0) is 10.0. The molecule has 1 aromatic heterocycles. The third kappa shape index (κ3) is 1.70. The highest BCUT2D eigenvalue weighted by Gasteiger charge is 2.04. The van der Waals surface area contributed by atoms with Crippen molar-refractivity contribution < 1.29 is 5.11 Å². The lowest BCUT2D eigenvalue weighted by molar-refractivity contribution is 0.270. The molecule has 0 fully saturated rings. The summed E-state index contributed by atoms with van der Waals surface area (Å²) in [6, 6.07) is 1.37. The van der Waals surface area contributed by atoms with Crippen molar-refractivity contribution in [1.29, 1.82) is 0 Å². The van der Waals surface area contributed by atoms with Gasteiger partial charge in [-0.1, -0.05) is 0 Å². The van der Waals surface area contributed by atoms with Gasteiger partial charge in [-0.2, -0.15) is 0 Å². The second kappa shape index (κ2) is 3.57. The van der Waals surface area contributed by atoms with Crippen LogP contribution in [0.5, 0.6) is 0 Å². The molecule has 0 aliphatic carbocycles. The van der Waals surface area contributed by atoms with Crippen LogP contribution in [0.25, 0.3) is 0 Å². The largest absolute Gasteiger partial charge is 0.395 e. The molecule has 5 heteroatoms. The highest BCUT2D eigenvalue weighted by atomic mass is 16.3. The minimum Gasteiger partial charge on any atom is -0.395 e. The Morgan fingerprint density at radius 1 is 1.46 bits per heavy atom. The molecule has 13 heavy (non-hydrogen) atoms. The molecule has 1 N–H and O–H groups in total. The molecule has 0 saturated carbocycles. The summed E-state index contributed by atoms with van der Waals surface area (Å²) in [6.45, 7) is 1.52. The van der Waals surface area contributed by atoms with E-state index < -0.39 is 0 Å². The summed E-state index contributed by atoms with van der Waals surface area (Å²) in [5.41, 5.74) is -0.141. The van der Waals surface area contributed by atoms with Crippen LogP contribution in [0.2, 0.25) is 0 Å². The predicted molar refractivity (Wildman–Crippen MR) is 47.8 cm³/mol. The molecule has 0 amide bonds. The van der Waals surface area contributed by atoms with Crippen LogP contribution in [0.3, 0.4) is 0 Å². The Labute approximate surface area is 74.9 Å². The molecular formula is C8H12N2O3. The maximum Gasteiger partial charge on any atom is 0.330 e. The van der Waals surface area contributed by atoms with Crippen LogP contribution < -0.4 is 11.2 Å². The summed E-state index contributed by atoms with van der Waals surface area (Å²) < 4.78 is 2.38. The number of rotatable bonds is 2. The van der Waals surface area contributed by atoms with Crippen LogP contribution in [0.1, 0.15) is 5.69 Å². The first-order valence-corrected chi connectivity index (χ1v) is 3.96. The highest BCUT2D eigenvalue weighted by molar-refractivity contribution is 4.99. The number of nitrogens with zero attached hydrogens (tertiary/aromatic N) is 2. The van der Waals surface area contributed by atoms with Crippen LogP contribution in [0.4, 0.5) is 0 Å². The normalized spacial score (nSPS) is 10.4. The van der Waals surface area contributed by atoms with Gasteiger partial charge in [0.05, 0.1) is 13.2 Å². The van der Waals surface area contributed by atoms with E-state index in [0.717, 1.165) is 4.57 Å². The monoisotopic (exact) mass is 184 g/mol. The Balaban J connectivity index is 3.45. The van der Waals surface area contributed by atoms with Crippen LogP contribution in [-0.2, 0) is 13.6 Å². The van der Waals surface area contributed by atoms with Crippen LogP contribution in [0.15, 0.2) is 15.7 Å². The van der Waals surface area contributed by atoms with Gasteiger partial charge in [-0.25, -0.2) is 4.79 Å². The van der Waals surface area contributed by atoms with Crippen LogP contribution in [0, 0.1) is 6.92 Å². The van der Waals surface area contributed by atoms with E-state index in [1.54, 1.807) is 14.0 Å². The van der Waals surface area contributed by atoms with E-state index >= 15 is 0 Å². The average molecular weight is 184 g/mol. The van der Waals surface area contributed by atoms with Crippen LogP contribution >= 0.6 is 0 Å². The lowest BCUT2D eigenvalue weighted by Gasteiger charge is -2.06. The fourth-order valence-corrected chi connectivity index (χ4v) is 1.09. The van der Waals surface area contributed by atoms with Gasteiger partial charge in [0.1, 0.15) is 0 Å². The molecule has 1 heterocycles. The van der Waals surface area contributed by atoms with E-state index in [1.807, 2.05) is 0 Å². The summed E-state index contributed by atoms with van der Waals surface area (Å²) in [6.07, 6.45) is 0. The average Bonchev–Trinajstić information content (AvgIpc) is 2.09. The highest BCUT2D eigenvalue weighted by Crippen LogP contribution is 1.84. The molecule has 0 spiro atoms.